The summed E-state index contributed by atoms with van der Waals surface area (Å²) in [6.45, 7) is 2.74. The number of nitrogens with zero attached hydrogens (tertiary/aromatic N) is 2. The molecule has 1 unspecified atom stereocenters. The van der Waals surface area contributed by atoms with E-state index in [1.165, 1.54) is 19.3 Å². The lowest BCUT2D eigenvalue weighted by atomic mass is 10.1. The minimum atomic E-state index is 0. The maximum atomic E-state index is 5.49. The summed E-state index contributed by atoms with van der Waals surface area (Å²) in [4.78, 5) is 6.52. The fourth-order valence-electron chi connectivity index (χ4n) is 2.29. The van der Waals surface area contributed by atoms with Crippen molar-refractivity contribution in [2.45, 2.75) is 25.3 Å². The predicted molar refractivity (Wildman–Crippen MR) is 83.0 cm³/mol. The standard InChI is InChI=1S/C12H20N4O.HI/c13-12(14)15-9-10(11-5-4-8-17-11)16-6-2-1-3-7-16;/h4-5,8,10H,1-3,6-7,9H2,(H4,13,14,15);1H. The number of hydrogen-bond donors (Lipinski definition) is 2. The van der Waals surface area contributed by atoms with Crippen molar-refractivity contribution in [1.82, 2.24) is 4.90 Å². The molecule has 1 fully saturated rings. The Bertz CT molecular complexity index is 356. The number of likely N-dealkylation sites (tertiary alicyclic amines) is 1. The smallest absolute Gasteiger partial charge is 0.185 e. The molecule has 102 valence electrons. The van der Waals surface area contributed by atoms with Gasteiger partial charge in [-0.25, -0.2) is 0 Å². The number of piperidine rings is 1. The average molecular weight is 364 g/mol. The summed E-state index contributed by atoms with van der Waals surface area (Å²) in [6, 6.07) is 4.05. The minimum Gasteiger partial charge on any atom is -0.468 e. The topological polar surface area (TPSA) is 80.8 Å². The van der Waals surface area contributed by atoms with Crippen LogP contribution in [-0.2, 0) is 0 Å². The van der Waals surface area contributed by atoms with Gasteiger partial charge in [-0.3, -0.25) is 9.89 Å². The number of furan rings is 1. The Morgan fingerprint density at radius 2 is 2.06 bits per heavy atom. The van der Waals surface area contributed by atoms with Crippen molar-refractivity contribution in [2.24, 2.45) is 16.5 Å². The molecule has 5 nitrogen and oxygen atoms in total. The average Bonchev–Trinajstić information content (AvgIpc) is 2.84. The zero-order valence-corrected chi connectivity index (χ0v) is 12.7. The van der Waals surface area contributed by atoms with Gasteiger partial charge in [0.2, 0.25) is 0 Å². The first-order valence-electron chi connectivity index (χ1n) is 6.10. The van der Waals surface area contributed by atoms with Gasteiger partial charge >= 0.3 is 0 Å². The zero-order chi connectivity index (χ0) is 12.1. The molecular formula is C12H21IN4O. The molecule has 2 rings (SSSR count). The molecule has 0 radical (unpaired) electrons. The van der Waals surface area contributed by atoms with Gasteiger partial charge < -0.3 is 15.9 Å². The molecule has 0 spiro atoms. The van der Waals surface area contributed by atoms with Crippen LogP contribution < -0.4 is 11.5 Å². The first kappa shape index (κ1) is 15.3. The highest BCUT2D eigenvalue weighted by molar-refractivity contribution is 14.0. The third kappa shape index (κ3) is 4.16. The summed E-state index contributed by atoms with van der Waals surface area (Å²) in [5.74, 6) is 1.08. The molecular weight excluding hydrogens is 343 g/mol. The highest BCUT2D eigenvalue weighted by Gasteiger charge is 2.23. The maximum absolute atomic E-state index is 5.49. The summed E-state index contributed by atoms with van der Waals surface area (Å²) < 4.78 is 5.49. The van der Waals surface area contributed by atoms with Gasteiger partial charge in [-0.1, -0.05) is 6.42 Å². The van der Waals surface area contributed by atoms with Crippen LogP contribution in [0.15, 0.2) is 27.8 Å². The van der Waals surface area contributed by atoms with Crippen LogP contribution in [0.4, 0.5) is 0 Å². The van der Waals surface area contributed by atoms with E-state index >= 15 is 0 Å². The van der Waals surface area contributed by atoms with E-state index in [-0.39, 0.29) is 36.0 Å². The van der Waals surface area contributed by atoms with E-state index in [9.17, 15) is 0 Å². The van der Waals surface area contributed by atoms with Crippen molar-refractivity contribution < 1.29 is 4.42 Å². The van der Waals surface area contributed by atoms with Gasteiger partial charge in [-0.05, 0) is 38.1 Å². The van der Waals surface area contributed by atoms with Gasteiger partial charge in [0.1, 0.15) is 5.76 Å². The van der Waals surface area contributed by atoms with Crippen molar-refractivity contribution in [3.8, 4) is 0 Å². The third-order valence-corrected chi connectivity index (χ3v) is 3.15. The summed E-state index contributed by atoms with van der Waals surface area (Å²) >= 11 is 0. The molecule has 0 aromatic carbocycles. The Labute approximate surface area is 125 Å². The summed E-state index contributed by atoms with van der Waals surface area (Å²) in [7, 11) is 0. The highest BCUT2D eigenvalue weighted by Crippen LogP contribution is 2.25. The van der Waals surface area contributed by atoms with Crippen molar-refractivity contribution in [2.75, 3.05) is 19.6 Å². The van der Waals surface area contributed by atoms with Gasteiger partial charge in [0.15, 0.2) is 5.96 Å². The molecule has 0 saturated carbocycles. The van der Waals surface area contributed by atoms with Crippen LogP contribution in [0.3, 0.4) is 0 Å². The van der Waals surface area contributed by atoms with Gasteiger partial charge in [0, 0.05) is 0 Å². The van der Waals surface area contributed by atoms with Crippen LogP contribution in [0.25, 0.3) is 0 Å². The van der Waals surface area contributed by atoms with E-state index in [4.69, 9.17) is 15.9 Å². The number of nitrogens with two attached hydrogens (primary N) is 2. The predicted octanol–water partition coefficient (Wildman–Crippen LogP) is 1.70. The van der Waals surface area contributed by atoms with Crippen molar-refractivity contribution in [3.63, 3.8) is 0 Å². The normalized spacial score (nSPS) is 17.8. The molecule has 0 amide bonds. The fourth-order valence-corrected chi connectivity index (χ4v) is 2.29. The number of hydrogen-bond acceptors (Lipinski definition) is 3. The van der Waals surface area contributed by atoms with Gasteiger partial charge in [-0.2, -0.15) is 0 Å². The van der Waals surface area contributed by atoms with E-state index in [1.807, 2.05) is 12.1 Å². The molecule has 1 aromatic heterocycles. The fraction of sp³-hybridized carbons (Fsp3) is 0.583. The second kappa shape index (κ2) is 7.63. The Morgan fingerprint density at radius 3 is 2.61 bits per heavy atom. The summed E-state index contributed by atoms with van der Waals surface area (Å²) in [6.07, 6.45) is 5.48. The second-order valence-corrected chi connectivity index (χ2v) is 4.39. The molecule has 0 bridgehead atoms. The summed E-state index contributed by atoms with van der Waals surface area (Å²) in [5, 5.41) is 0. The zero-order valence-electron chi connectivity index (χ0n) is 10.4. The van der Waals surface area contributed by atoms with Crippen LogP contribution in [0, 0.1) is 0 Å². The Morgan fingerprint density at radius 1 is 1.33 bits per heavy atom. The first-order chi connectivity index (χ1) is 8.27. The molecule has 0 aliphatic carbocycles. The van der Waals surface area contributed by atoms with Crippen LogP contribution in [0.1, 0.15) is 31.1 Å². The molecule has 6 heteroatoms. The second-order valence-electron chi connectivity index (χ2n) is 4.39. The largest absolute Gasteiger partial charge is 0.468 e. The van der Waals surface area contributed by atoms with E-state index in [1.54, 1.807) is 6.26 Å². The van der Waals surface area contributed by atoms with E-state index in [0.717, 1.165) is 18.8 Å². The van der Waals surface area contributed by atoms with Crippen molar-refractivity contribution in [1.29, 1.82) is 0 Å². The summed E-state index contributed by atoms with van der Waals surface area (Å²) in [5.41, 5.74) is 10.8. The van der Waals surface area contributed by atoms with E-state index in [0.29, 0.717) is 6.54 Å². The molecule has 1 aliphatic heterocycles. The van der Waals surface area contributed by atoms with E-state index < -0.39 is 0 Å². The molecule has 1 atom stereocenters. The molecule has 4 N–H and O–H groups in total. The van der Waals surface area contributed by atoms with Crippen LogP contribution >= 0.6 is 24.0 Å². The Balaban J connectivity index is 0.00000162. The minimum absolute atomic E-state index is 0. The highest BCUT2D eigenvalue weighted by atomic mass is 127. The first-order valence-corrected chi connectivity index (χ1v) is 6.10. The van der Waals surface area contributed by atoms with E-state index in [2.05, 4.69) is 9.89 Å². The molecule has 1 saturated heterocycles. The molecule has 1 aliphatic rings. The molecule has 2 heterocycles. The number of aliphatic imine (C=N–C) groups is 1. The maximum Gasteiger partial charge on any atom is 0.185 e. The van der Waals surface area contributed by atoms with Crippen LogP contribution in [0.5, 0.6) is 0 Å². The third-order valence-electron chi connectivity index (χ3n) is 3.15. The monoisotopic (exact) mass is 364 g/mol. The lowest BCUT2D eigenvalue weighted by Crippen LogP contribution is -2.36. The quantitative estimate of drug-likeness (QED) is 0.484. The van der Waals surface area contributed by atoms with Gasteiger partial charge in [-0.15, -0.1) is 24.0 Å². The van der Waals surface area contributed by atoms with Gasteiger partial charge in [0.05, 0.1) is 18.8 Å². The van der Waals surface area contributed by atoms with Crippen molar-refractivity contribution in [3.05, 3.63) is 24.2 Å². The number of halogens is 1. The SMILES string of the molecule is I.NC(N)=NCC(c1ccco1)N1CCCCC1. The molecule has 1 aromatic rings. The Kier molecular flexibility index (Phi) is 6.48. The van der Waals surface area contributed by atoms with Crippen molar-refractivity contribution >= 4 is 29.9 Å². The Hall–Kier alpha value is -0.760. The number of rotatable bonds is 4. The lowest BCUT2D eigenvalue weighted by Gasteiger charge is -2.32. The lowest BCUT2D eigenvalue weighted by molar-refractivity contribution is 0.150. The number of guanidine groups is 1. The van der Waals surface area contributed by atoms with Gasteiger partial charge in [0.25, 0.3) is 0 Å². The van der Waals surface area contributed by atoms with Crippen LogP contribution in [-0.4, -0.2) is 30.5 Å². The molecule has 18 heavy (non-hydrogen) atoms. The van der Waals surface area contributed by atoms with Crippen LogP contribution in [0.2, 0.25) is 0 Å².